The lowest BCUT2D eigenvalue weighted by molar-refractivity contribution is -0.0617. The van der Waals surface area contributed by atoms with Gasteiger partial charge in [0.2, 0.25) is 0 Å². The SMILES string of the molecule is NCCCCC1COC(c2ccc(OCCC(CCOc3ccc(C4OCC(CCCCN)O4)cc3F)(CCOc3ccc(C4OCC(CCCCN)O4)cc3F)CCOc3ccc(C4OCC(CCCCN)O4)cc3F)c(F)c2)O1. The maximum Gasteiger partial charge on any atom is 0.184 e. The van der Waals surface area contributed by atoms with Crippen LogP contribution in [-0.4, -0.2) is 103 Å². The highest BCUT2D eigenvalue weighted by atomic mass is 19.1. The van der Waals surface area contributed by atoms with Gasteiger partial charge in [-0.25, -0.2) is 17.6 Å². The largest absolute Gasteiger partial charge is 0.490 e. The number of nitrogens with two attached hydrogens (primary N) is 4. The van der Waals surface area contributed by atoms with E-state index in [1.165, 1.54) is 24.3 Å². The molecule has 4 fully saturated rings. The van der Waals surface area contributed by atoms with Crippen molar-refractivity contribution in [2.45, 2.75) is 152 Å². The predicted molar refractivity (Wildman–Crippen MR) is 294 cm³/mol. The summed E-state index contributed by atoms with van der Waals surface area (Å²) in [5.74, 6) is -2.40. The van der Waals surface area contributed by atoms with E-state index in [1.807, 2.05) is 0 Å². The fourth-order valence-corrected chi connectivity index (χ4v) is 10.5. The second kappa shape index (κ2) is 32.4. The molecule has 81 heavy (non-hydrogen) atoms. The van der Waals surface area contributed by atoms with Gasteiger partial charge in [0.05, 0.1) is 77.3 Å². The van der Waals surface area contributed by atoms with Crippen molar-refractivity contribution < 1.29 is 74.4 Å². The first-order valence-corrected chi connectivity index (χ1v) is 29.1. The Labute approximate surface area is 473 Å². The van der Waals surface area contributed by atoms with Crippen LogP contribution in [0.5, 0.6) is 23.0 Å². The Morgan fingerprint density at radius 3 is 0.802 bits per heavy atom. The van der Waals surface area contributed by atoms with E-state index in [0.717, 1.165) is 77.0 Å². The number of ether oxygens (including phenoxy) is 12. The van der Waals surface area contributed by atoms with Crippen molar-refractivity contribution in [3.05, 3.63) is 118 Å². The third-order valence-corrected chi connectivity index (χ3v) is 15.4. The van der Waals surface area contributed by atoms with E-state index in [0.29, 0.717) is 74.9 Å². The van der Waals surface area contributed by atoms with Crippen LogP contribution in [0.1, 0.15) is 150 Å². The maximum absolute atomic E-state index is 15.9. The highest BCUT2D eigenvalue weighted by Gasteiger charge is 2.34. The Bertz CT molecular complexity index is 2180. The van der Waals surface area contributed by atoms with Gasteiger partial charge in [-0.15, -0.1) is 0 Å². The van der Waals surface area contributed by atoms with E-state index in [4.69, 9.17) is 79.8 Å². The van der Waals surface area contributed by atoms with Gasteiger partial charge in [0.1, 0.15) is 0 Å². The van der Waals surface area contributed by atoms with Crippen molar-refractivity contribution in [1.82, 2.24) is 0 Å². The van der Waals surface area contributed by atoms with E-state index in [2.05, 4.69) is 0 Å². The summed E-state index contributed by atoms with van der Waals surface area (Å²) < 4.78 is 136. The van der Waals surface area contributed by atoms with Gasteiger partial charge in [-0.2, -0.15) is 0 Å². The number of hydrogen-bond donors (Lipinski definition) is 4. The molecule has 16 nitrogen and oxygen atoms in total. The Balaban J connectivity index is 0.982. The van der Waals surface area contributed by atoms with Crippen molar-refractivity contribution >= 4 is 0 Å². The molecule has 448 valence electrons. The molecule has 4 saturated heterocycles. The molecule has 8 atom stereocenters. The fraction of sp³-hybridized carbons (Fsp3) is 0.607. The Hall–Kier alpha value is -4.68. The van der Waals surface area contributed by atoms with E-state index < -0.39 is 53.8 Å². The van der Waals surface area contributed by atoms with Crippen molar-refractivity contribution in [3.63, 3.8) is 0 Å². The number of rotatable bonds is 36. The topological polar surface area (TPSA) is 215 Å². The lowest BCUT2D eigenvalue weighted by atomic mass is 9.76. The van der Waals surface area contributed by atoms with Gasteiger partial charge in [-0.1, -0.05) is 24.3 Å². The molecule has 20 heteroatoms. The van der Waals surface area contributed by atoms with Crippen LogP contribution in [0.15, 0.2) is 72.8 Å². The standard InChI is InChI=1S/C61H84F4N4O12/c62-49-33-41(57-74-37-45(78-57)9-1-5-25-66)13-17-53(49)70-29-21-61(22-30-71-54-18-14-42(34-50(54)63)58-75-38-46(79-58)10-2-6-26-67,23-31-72-55-19-15-43(35-51(55)64)59-76-39-47(80-59)11-3-7-27-68)24-32-73-56-20-16-44(36-52(56)65)60-77-40-48(81-60)12-4-8-28-69/h13-20,33-36,45-48,57-60H,1-12,21-32,37-40,66-69H2. The molecule has 0 saturated carbocycles. The Morgan fingerprint density at radius 2 is 0.593 bits per heavy atom. The molecule has 8 unspecified atom stereocenters. The summed E-state index contributed by atoms with van der Waals surface area (Å²) in [6.07, 6.45) is 7.99. The van der Waals surface area contributed by atoms with Crippen molar-refractivity contribution in [3.8, 4) is 23.0 Å². The molecule has 8 N–H and O–H groups in total. The quantitative estimate of drug-likeness (QED) is 0.0246. The minimum absolute atomic E-state index is 0.00288. The molecule has 0 spiro atoms. The molecule has 0 aliphatic carbocycles. The third kappa shape index (κ3) is 18.7. The van der Waals surface area contributed by atoms with Crippen LogP contribution >= 0.6 is 0 Å². The molecule has 0 aromatic heterocycles. The van der Waals surface area contributed by atoms with Crippen LogP contribution in [0.25, 0.3) is 0 Å². The summed E-state index contributed by atoms with van der Waals surface area (Å²) in [7, 11) is 0. The summed E-state index contributed by atoms with van der Waals surface area (Å²) in [5.41, 5.74) is 23.9. The predicted octanol–water partition coefficient (Wildman–Crippen LogP) is 10.6. The highest BCUT2D eigenvalue weighted by Crippen LogP contribution is 2.40. The summed E-state index contributed by atoms with van der Waals surface area (Å²) in [6.45, 7) is 3.97. The molecule has 4 aliphatic heterocycles. The van der Waals surface area contributed by atoms with Gasteiger partial charge in [-0.05, 0) is 183 Å². The zero-order valence-corrected chi connectivity index (χ0v) is 46.6. The zero-order valence-electron chi connectivity index (χ0n) is 46.6. The summed E-state index contributed by atoms with van der Waals surface area (Å²) >= 11 is 0. The number of halogens is 4. The third-order valence-electron chi connectivity index (χ3n) is 15.4. The Morgan fingerprint density at radius 1 is 0.358 bits per heavy atom. The van der Waals surface area contributed by atoms with E-state index in [1.54, 1.807) is 48.5 Å². The summed E-state index contributed by atoms with van der Waals surface area (Å²) in [4.78, 5) is 0. The van der Waals surface area contributed by atoms with E-state index in [9.17, 15) is 0 Å². The maximum atomic E-state index is 15.9. The van der Waals surface area contributed by atoms with Crippen LogP contribution in [0.2, 0.25) is 0 Å². The lowest BCUT2D eigenvalue weighted by Gasteiger charge is -2.34. The molecular weight excluding hydrogens is 1060 g/mol. The average Bonchev–Trinajstić information content (AvgIpc) is 4.33. The van der Waals surface area contributed by atoms with E-state index in [-0.39, 0.29) is 99.5 Å². The number of unbranched alkanes of at least 4 members (excludes halogenated alkanes) is 4. The first-order valence-electron chi connectivity index (χ1n) is 29.1. The highest BCUT2D eigenvalue weighted by molar-refractivity contribution is 5.33. The molecule has 0 radical (unpaired) electrons. The zero-order chi connectivity index (χ0) is 56.8. The fourth-order valence-electron chi connectivity index (χ4n) is 10.5. The summed E-state index contributed by atoms with van der Waals surface area (Å²) in [6, 6.07) is 18.4. The molecule has 4 aromatic carbocycles. The molecule has 4 aromatic rings. The monoisotopic (exact) mass is 1140 g/mol. The minimum atomic E-state index is -0.830. The molecule has 4 aliphatic rings. The van der Waals surface area contributed by atoms with Crippen LogP contribution in [0.4, 0.5) is 17.6 Å². The van der Waals surface area contributed by atoms with Crippen LogP contribution in [0, 0.1) is 28.7 Å². The second-order valence-electron chi connectivity index (χ2n) is 21.5. The molecule has 0 bridgehead atoms. The number of benzene rings is 4. The van der Waals surface area contributed by atoms with E-state index >= 15 is 17.6 Å². The van der Waals surface area contributed by atoms with Crippen LogP contribution < -0.4 is 41.9 Å². The number of hydrogen-bond acceptors (Lipinski definition) is 16. The van der Waals surface area contributed by atoms with Gasteiger partial charge in [-0.3, -0.25) is 0 Å². The second-order valence-corrected chi connectivity index (χ2v) is 21.5. The smallest absolute Gasteiger partial charge is 0.184 e. The minimum Gasteiger partial charge on any atom is -0.490 e. The first-order chi connectivity index (χ1) is 39.5. The van der Waals surface area contributed by atoms with Crippen molar-refractivity contribution in [2.24, 2.45) is 28.3 Å². The van der Waals surface area contributed by atoms with Gasteiger partial charge >= 0.3 is 0 Å². The molecule has 0 amide bonds. The van der Waals surface area contributed by atoms with Gasteiger partial charge in [0.25, 0.3) is 0 Å². The average molecular weight is 1140 g/mol. The normalized spacial score (nSPS) is 23.5. The Kier molecular flexibility index (Phi) is 24.9. The summed E-state index contributed by atoms with van der Waals surface area (Å²) in [5, 5.41) is 0. The van der Waals surface area contributed by atoms with Crippen molar-refractivity contribution in [2.75, 3.05) is 79.0 Å². The van der Waals surface area contributed by atoms with Gasteiger partial charge in [0.15, 0.2) is 71.4 Å². The molecule has 4 heterocycles. The lowest BCUT2D eigenvalue weighted by Crippen LogP contribution is -2.31. The van der Waals surface area contributed by atoms with Gasteiger partial charge < -0.3 is 79.8 Å². The van der Waals surface area contributed by atoms with Crippen LogP contribution in [0.3, 0.4) is 0 Å². The molecular formula is C61H84F4N4O12. The van der Waals surface area contributed by atoms with Gasteiger partial charge in [0, 0.05) is 22.3 Å². The molecule has 8 rings (SSSR count). The van der Waals surface area contributed by atoms with Crippen molar-refractivity contribution in [1.29, 1.82) is 0 Å². The van der Waals surface area contributed by atoms with Crippen LogP contribution in [-0.2, 0) is 37.9 Å². The first kappa shape index (κ1) is 62.4.